The topological polar surface area (TPSA) is 53.9 Å². The lowest BCUT2D eigenvalue weighted by Crippen LogP contribution is -2.53. The van der Waals surface area contributed by atoms with Gasteiger partial charge < -0.3 is 15.0 Å². The molecule has 0 amide bonds. The molecule has 2 fully saturated rings. The third-order valence-electron chi connectivity index (χ3n) is 5.18. The number of methoxy groups -OCH3 is 1. The van der Waals surface area contributed by atoms with E-state index in [9.17, 15) is 4.79 Å². The first-order valence-corrected chi connectivity index (χ1v) is 10.9. The molecule has 2 rings (SSSR count). The van der Waals surface area contributed by atoms with Crippen molar-refractivity contribution in [1.82, 2.24) is 10.2 Å². The van der Waals surface area contributed by atoms with E-state index in [1.807, 2.05) is 0 Å². The second-order valence-electron chi connectivity index (χ2n) is 7.14. The lowest BCUT2D eigenvalue weighted by Gasteiger charge is -2.45. The minimum absolute atomic E-state index is 0.111. The summed E-state index contributed by atoms with van der Waals surface area (Å²) in [5.74, 6) is 2.19. The summed E-state index contributed by atoms with van der Waals surface area (Å²) in [4.78, 5) is 18.5. The van der Waals surface area contributed by atoms with Crippen LogP contribution in [0, 0.1) is 0 Å². The Hall–Kier alpha value is -0.910. The van der Waals surface area contributed by atoms with Gasteiger partial charge in [0, 0.05) is 43.1 Å². The monoisotopic (exact) mass is 369 g/mol. The fourth-order valence-electron chi connectivity index (χ4n) is 3.79. The number of carbonyl (C=O) groups excluding carboxylic acids is 1. The number of nitrogens with one attached hydrogen (secondary N) is 1. The molecule has 1 saturated carbocycles. The predicted octanol–water partition coefficient (Wildman–Crippen LogP) is 3.44. The van der Waals surface area contributed by atoms with Gasteiger partial charge in [-0.1, -0.05) is 25.7 Å². The zero-order chi connectivity index (χ0) is 18.0. The van der Waals surface area contributed by atoms with Gasteiger partial charge in [0.1, 0.15) is 0 Å². The predicted molar refractivity (Wildman–Crippen MR) is 106 cm³/mol. The highest BCUT2D eigenvalue weighted by molar-refractivity contribution is 8.00. The number of ether oxygens (including phenoxy) is 1. The Morgan fingerprint density at radius 3 is 2.76 bits per heavy atom. The summed E-state index contributed by atoms with van der Waals surface area (Å²) in [5, 5.41) is 3.49. The molecule has 0 unspecified atom stereocenters. The van der Waals surface area contributed by atoms with Gasteiger partial charge in [0.2, 0.25) is 0 Å². The van der Waals surface area contributed by atoms with Crippen molar-refractivity contribution in [1.29, 1.82) is 0 Å². The largest absolute Gasteiger partial charge is 0.469 e. The van der Waals surface area contributed by atoms with Crippen LogP contribution in [-0.2, 0) is 9.53 Å². The molecule has 0 aromatic heterocycles. The molecule has 0 aromatic rings. The molecule has 5 nitrogen and oxygen atoms in total. The molecule has 0 bridgehead atoms. The first-order chi connectivity index (χ1) is 12.2. The molecule has 0 atom stereocenters. The third kappa shape index (κ3) is 6.72. The van der Waals surface area contributed by atoms with Crippen molar-refractivity contribution < 1.29 is 9.53 Å². The number of guanidine groups is 1. The Labute approximate surface area is 157 Å². The normalized spacial score (nSPS) is 20.6. The van der Waals surface area contributed by atoms with Gasteiger partial charge in [0.05, 0.1) is 7.11 Å². The summed E-state index contributed by atoms with van der Waals surface area (Å²) >= 11 is 2.20. The van der Waals surface area contributed by atoms with Crippen molar-refractivity contribution in [3.05, 3.63) is 0 Å². The summed E-state index contributed by atoms with van der Waals surface area (Å²) in [6.45, 7) is 6.13. The molecule has 2 aliphatic rings. The Morgan fingerprint density at radius 1 is 1.24 bits per heavy atom. The molecular formula is C19H35N3O2S. The maximum atomic E-state index is 11.1. The maximum Gasteiger partial charge on any atom is 0.305 e. The van der Waals surface area contributed by atoms with Crippen molar-refractivity contribution in [2.45, 2.75) is 69.5 Å². The van der Waals surface area contributed by atoms with Crippen molar-refractivity contribution in [3.63, 3.8) is 0 Å². The van der Waals surface area contributed by atoms with E-state index in [4.69, 9.17) is 4.99 Å². The second kappa shape index (κ2) is 10.9. The Balaban J connectivity index is 1.80. The molecular weight excluding hydrogens is 334 g/mol. The standard InChI is InChI=1S/C19H35N3O2S/c1-3-20-18(21-13-9-4-6-10-17(23)24-2)22-14-15-25-19(16-22)11-7-5-8-12-19/h3-16H2,1-2H3,(H,20,21). The van der Waals surface area contributed by atoms with Gasteiger partial charge in [0.25, 0.3) is 0 Å². The van der Waals surface area contributed by atoms with Gasteiger partial charge in [-0.3, -0.25) is 9.79 Å². The van der Waals surface area contributed by atoms with E-state index < -0.39 is 0 Å². The number of nitrogens with zero attached hydrogens (tertiary/aromatic N) is 2. The minimum atomic E-state index is -0.111. The summed E-state index contributed by atoms with van der Waals surface area (Å²) in [6, 6.07) is 0. The average Bonchev–Trinajstić information content (AvgIpc) is 2.64. The van der Waals surface area contributed by atoms with Crippen molar-refractivity contribution in [2.75, 3.05) is 39.0 Å². The third-order valence-corrected chi connectivity index (χ3v) is 6.71. The van der Waals surface area contributed by atoms with Crippen LogP contribution in [0.15, 0.2) is 4.99 Å². The van der Waals surface area contributed by atoms with Crippen molar-refractivity contribution in [3.8, 4) is 0 Å². The molecule has 0 aromatic carbocycles. The fourth-order valence-corrected chi connectivity index (χ4v) is 5.36. The van der Waals surface area contributed by atoms with Crippen LogP contribution in [0.2, 0.25) is 0 Å². The zero-order valence-electron chi connectivity index (χ0n) is 16.0. The van der Waals surface area contributed by atoms with E-state index in [2.05, 4.69) is 33.6 Å². The van der Waals surface area contributed by atoms with Crippen LogP contribution in [0.5, 0.6) is 0 Å². The lowest BCUT2D eigenvalue weighted by atomic mass is 9.87. The van der Waals surface area contributed by atoms with Crippen molar-refractivity contribution >= 4 is 23.7 Å². The first kappa shape index (κ1) is 20.4. The molecule has 1 aliphatic carbocycles. The summed E-state index contributed by atoms with van der Waals surface area (Å²) in [7, 11) is 1.45. The fraction of sp³-hybridized carbons (Fsp3) is 0.895. The van der Waals surface area contributed by atoms with Crippen LogP contribution >= 0.6 is 11.8 Å². The van der Waals surface area contributed by atoms with E-state index in [0.717, 1.165) is 51.4 Å². The molecule has 1 saturated heterocycles. The molecule has 0 radical (unpaired) electrons. The number of esters is 1. The van der Waals surface area contributed by atoms with E-state index >= 15 is 0 Å². The number of unbranched alkanes of at least 4 members (excludes halogenated alkanes) is 2. The minimum Gasteiger partial charge on any atom is -0.469 e. The lowest BCUT2D eigenvalue weighted by molar-refractivity contribution is -0.140. The van der Waals surface area contributed by atoms with Crippen LogP contribution < -0.4 is 5.32 Å². The SMILES string of the molecule is CCNC(=NCCCCCC(=O)OC)N1CCSC2(CCCCC2)C1. The number of aliphatic imine (C=N–C) groups is 1. The second-order valence-corrected chi connectivity index (χ2v) is 8.70. The first-order valence-electron chi connectivity index (χ1n) is 9.93. The molecule has 1 heterocycles. The van der Waals surface area contributed by atoms with Crippen LogP contribution in [0.25, 0.3) is 0 Å². The quantitative estimate of drug-likeness (QED) is 0.322. The highest BCUT2D eigenvalue weighted by Crippen LogP contribution is 2.42. The highest BCUT2D eigenvalue weighted by Gasteiger charge is 2.38. The number of hydrogen-bond acceptors (Lipinski definition) is 4. The van der Waals surface area contributed by atoms with E-state index in [1.54, 1.807) is 0 Å². The Kier molecular flexibility index (Phi) is 8.93. The number of thioether (sulfide) groups is 1. The van der Waals surface area contributed by atoms with Gasteiger partial charge in [-0.2, -0.15) is 11.8 Å². The maximum absolute atomic E-state index is 11.1. The molecule has 6 heteroatoms. The molecule has 1 aliphatic heterocycles. The van der Waals surface area contributed by atoms with E-state index in [0.29, 0.717) is 11.2 Å². The summed E-state index contributed by atoms with van der Waals surface area (Å²) in [6.07, 6.45) is 10.4. The smallest absolute Gasteiger partial charge is 0.305 e. The average molecular weight is 370 g/mol. The molecule has 144 valence electrons. The Morgan fingerprint density at radius 2 is 2.04 bits per heavy atom. The van der Waals surface area contributed by atoms with Gasteiger partial charge in [-0.25, -0.2) is 0 Å². The van der Waals surface area contributed by atoms with Crippen molar-refractivity contribution in [2.24, 2.45) is 4.99 Å². The van der Waals surface area contributed by atoms with E-state index in [-0.39, 0.29) is 5.97 Å². The molecule has 1 N–H and O–H groups in total. The Bertz CT molecular complexity index is 431. The van der Waals surface area contributed by atoms with Crippen LogP contribution in [0.3, 0.4) is 0 Å². The number of carbonyl (C=O) groups is 1. The van der Waals surface area contributed by atoms with Gasteiger partial charge in [0.15, 0.2) is 5.96 Å². The van der Waals surface area contributed by atoms with Gasteiger partial charge in [-0.05, 0) is 32.6 Å². The van der Waals surface area contributed by atoms with Crippen LogP contribution in [0.1, 0.15) is 64.7 Å². The zero-order valence-corrected chi connectivity index (χ0v) is 16.8. The van der Waals surface area contributed by atoms with E-state index in [1.165, 1.54) is 45.0 Å². The highest BCUT2D eigenvalue weighted by atomic mass is 32.2. The molecule has 1 spiro atoms. The summed E-state index contributed by atoms with van der Waals surface area (Å²) < 4.78 is 5.14. The molecule has 25 heavy (non-hydrogen) atoms. The van der Waals surface area contributed by atoms with Gasteiger partial charge >= 0.3 is 5.97 Å². The number of rotatable bonds is 7. The van der Waals surface area contributed by atoms with Crippen LogP contribution in [0.4, 0.5) is 0 Å². The number of hydrogen-bond donors (Lipinski definition) is 1. The summed E-state index contributed by atoms with van der Waals surface area (Å²) in [5.41, 5.74) is 0. The van der Waals surface area contributed by atoms with Crippen LogP contribution in [-0.4, -0.2) is 60.6 Å². The van der Waals surface area contributed by atoms with Gasteiger partial charge in [-0.15, -0.1) is 0 Å².